The number of hydrogen-bond acceptors (Lipinski definition) is 4. The number of methoxy groups -OCH3 is 1. The van der Waals surface area contributed by atoms with Crippen LogP contribution in [0.3, 0.4) is 0 Å². The quantitative estimate of drug-likeness (QED) is 0.238. The summed E-state index contributed by atoms with van der Waals surface area (Å²) in [7, 11) is 1.63. The lowest BCUT2D eigenvalue weighted by atomic mass is 10.1. The normalized spacial score (nSPS) is 16.0. The van der Waals surface area contributed by atoms with Gasteiger partial charge in [0.25, 0.3) is 5.91 Å². The van der Waals surface area contributed by atoms with Crippen molar-refractivity contribution in [1.82, 2.24) is 9.47 Å². The first kappa shape index (κ1) is 24.5. The summed E-state index contributed by atoms with van der Waals surface area (Å²) in [4.78, 5) is 20.3. The highest BCUT2D eigenvalue weighted by Crippen LogP contribution is 2.36. The number of amides is 1. The lowest BCUT2D eigenvalue weighted by molar-refractivity contribution is -0.122. The minimum Gasteiger partial charge on any atom is -0.497 e. The van der Waals surface area contributed by atoms with Crippen LogP contribution in [-0.2, 0) is 11.3 Å². The number of para-hydroxylation sites is 1. The van der Waals surface area contributed by atoms with Crippen molar-refractivity contribution in [3.05, 3.63) is 99.0 Å². The lowest BCUT2D eigenvalue weighted by Crippen LogP contribution is -2.28. The Balaban J connectivity index is 1.49. The smallest absolute Gasteiger partial charge is 0.266 e. The molecule has 2 heterocycles. The van der Waals surface area contributed by atoms with Gasteiger partial charge in [-0.1, -0.05) is 47.5 Å². The van der Waals surface area contributed by atoms with E-state index in [1.165, 1.54) is 11.8 Å². The van der Waals surface area contributed by atoms with Gasteiger partial charge in [-0.05, 0) is 72.8 Å². The van der Waals surface area contributed by atoms with Crippen LogP contribution in [0.4, 0.5) is 5.69 Å². The molecule has 3 aromatic carbocycles. The van der Waals surface area contributed by atoms with Crippen molar-refractivity contribution in [2.45, 2.75) is 13.5 Å². The predicted octanol–water partition coefficient (Wildman–Crippen LogP) is 7.63. The highest BCUT2D eigenvalue weighted by atomic mass is 35.5. The average Bonchev–Trinajstić information content (AvgIpc) is 3.38. The summed E-state index contributed by atoms with van der Waals surface area (Å²) in [6, 6.07) is 21.3. The average molecular weight is 536 g/mol. The SMILES string of the molecule is CCN1C(=O)/C(=C\c2cn(Cc3ccc(Cl)c(Cl)c3)c3ccccc23)SC1=Nc1ccc(OC)cc1. The van der Waals surface area contributed by atoms with E-state index in [0.29, 0.717) is 33.2 Å². The number of aromatic nitrogens is 1. The molecule has 8 heteroatoms. The van der Waals surface area contributed by atoms with Gasteiger partial charge in [-0.25, -0.2) is 4.99 Å². The van der Waals surface area contributed by atoms with E-state index in [1.54, 1.807) is 12.0 Å². The highest BCUT2D eigenvalue weighted by Gasteiger charge is 2.32. The number of benzene rings is 3. The van der Waals surface area contributed by atoms with E-state index in [-0.39, 0.29) is 5.91 Å². The molecule has 5 rings (SSSR count). The molecule has 0 unspecified atom stereocenters. The molecule has 182 valence electrons. The summed E-state index contributed by atoms with van der Waals surface area (Å²) < 4.78 is 7.39. The molecule has 0 atom stereocenters. The van der Waals surface area contributed by atoms with E-state index in [0.717, 1.165) is 33.5 Å². The van der Waals surface area contributed by atoms with Gasteiger partial charge in [-0.3, -0.25) is 9.69 Å². The molecule has 1 aromatic heterocycles. The Morgan fingerprint density at radius 2 is 1.81 bits per heavy atom. The van der Waals surface area contributed by atoms with Crippen LogP contribution < -0.4 is 4.74 Å². The number of carbonyl (C=O) groups excluding carboxylic acids is 1. The lowest BCUT2D eigenvalue weighted by Gasteiger charge is -2.12. The molecule has 1 fully saturated rings. The van der Waals surface area contributed by atoms with Crippen molar-refractivity contribution in [3.8, 4) is 5.75 Å². The zero-order valence-electron chi connectivity index (χ0n) is 19.7. The standard InChI is InChI=1S/C28H23Cl2N3O2S/c1-3-33-27(34)26(36-28(33)31-20-9-11-21(35-2)12-10-20)15-19-17-32(25-7-5-4-6-22(19)25)16-18-8-13-23(29)24(30)14-18/h4-15,17H,3,16H2,1-2H3/b26-15+,31-28?. The maximum Gasteiger partial charge on any atom is 0.266 e. The molecule has 0 bridgehead atoms. The van der Waals surface area contributed by atoms with Crippen molar-refractivity contribution in [3.63, 3.8) is 0 Å². The van der Waals surface area contributed by atoms with Gasteiger partial charge in [0.15, 0.2) is 5.17 Å². The molecule has 0 spiro atoms. The molecular weight excluding hydrogens is 513 g/mol. The van der Waals surface area contributed by atoms with Crippen LogP contribution in [0.15, 0.2) is 82.8 Å². The van der Waals surface area contributed by atoms with Crippen LogP contribution in [0.5, 0.6) is 5.75 Å². The first-order valence-electron chi connectivity index (χ1n) is 11.4. The second-order valence-corrected chi connectivity index (χ2v) is 10.1. The maximum atomic E-state index is 13.2. The maximum absolute atomic E-state index is 13.2. The molecule has 1 amide bonds. The molecule has 1 aliphatic rings. The molecule has 0 radical (unpaired) electrons. The van der Waals surface area contributed by atoms with E-state index >= 15 is 0 Å². The molecule has 1 aliphatic heterocycles. The van der Waals surface area contributed by atoms with Gasteiger partial charge in [0, 0.05) is 35.8 Å². The molecule has 0 saturated carbocycles. The minimum atomic E-state index is -0.0453. The van der Waals surface area contributed by atoms with Gasteiger partial charge in [0.1, 0.15) is 5.75 Å². The minimum absolute atomic E-state index is 0.0453. The monoisotopic (exact) mass is 535 g/mol. The van der Waals surface area contributed by atoms with Gasteiger partial charge in [-0.2, -0.15) is 0 Å². The van der Waals surface area contributed by atoms with Gasteiger partial charge in [0.05, 0.1) is 27.7 Å². The third-order valence-electron chi connectivity index (χ3n) is 5.94. The van der Waals surface area contributed by atoms with Crippen LogP contribution >= 0.6 is 35.0 Å². The number of nitrogens with zero attached hydrogens (tertiary/aromatic N) is 3. The highest BCUT2D eigenvalue weighted by molar-refractivity contribution is 8.18. The zero-order chi connectivity index (χ0) is 25.2. The third-order valence-corrected chi connectivity index (χ3v) is 7.69. The number of ether oxygens (including phenoxy) is 1. The Hall–Kier alpha value is -3.19. The van der Waals surface area contributed by atoms with Gasteiger partial charge >= 0.3 is 0 Å². The Kier molecular flexibility index (Phi) is 7.10. The summed E-state index contributed by atoms with van der Waals surface area (Å²) in [5.41, 5.74) is 3.86. The van der Waals surface area contributed by atoms with Gasteiger partial charge in [-0.15, -0.1) is 0 Å². The van der Waals surface area contributed by atoms with E-state index in [2.05, 4.69) is 22.9 Å². The fraction of sp³-hybridized carbons (Fsp3) is 0.143. The second-order valence-electron chi connectivity index (χ2n) is 8.23. The fourth-order valence-electron chi connectivity index (χ4n) is 4.13. The third kappa shape index (κ3) is 4.89. The zero-order valence-corrected chi connectivity index (χ0v) is 22.1. The second kappa shape index (κ2) is 10.4. The molecular formula is C28H23Cl2N3O2S. The molecule has 0 N–H and O–H groups in total. The summed E-state index contributed by atoms with van der Waals surface area (Å²) >= 11 is 13.7. The molecule has 1 saturated heterocycles. The predicted molar refractivity (Wildman–Crippen MR) is 151 cm³/mol. The molecule has 4 aromatic rings. The number of thioether (sulfide) groups is 1. The van der Waals surface area contributed by atoms with Crippen LogP contribution in [0.1, 0.15) is 18.1 Å². The van der Waals surface area contributed by atoms with Gasteiger partial charge < -0.3 is 9.30 Å². The van der Waals surface area contributed by atoms with Gasteiger partial charge in [0.2, 0.25) is 0 Å². The number of fused-ring (bicyclic) bond motifs is 1. The number of aliphatic imine (C=N–C) groups is 1. The molecule has 36 heavy (non-hydrogen) atoms. The largest absolute Gasteiger partial charge is 0.497 e. The topological polar surface area (TPSA) is 46.8 Å². The molecule has 5 nitrogen and oxygen atoms in total. The number of hydrogen-bond donors (Lipinski definition) is 0. The summed E-state index contributed by atoms with van der Waals surface area (Å²) in [6.07, 6.45) is 4.03. The Labute approximate surface area is 224 Å². The number of halogens is 2. The van der Waals surface area contributed by atoms with E-state index < -0.39 is 0 Å². The summed E-state index contributed by atoms with van der Waals surface area (Å²) in [6.45, 7) is 3.12. The fourth-order valence-corrected chi connectivity index (χ4v) is 5.51. The Bertz CT molecular complexity index is 1510. The number of amidine groups is 1. The van der Waals surface area contributed by atoms with Crippen molar-refractivity contribution in [1.29, 1.82) is 0 Å². The van der Waals surface area contributed by atoms with Crippen molar-refractivity contribution in [2.24, 2.45) is 4.99 Å². The number of carbonyl (C=O) groups is 1. The first-order valence-corrected chi connectivity index (χ1v) is 13.0. The summed E-state index contributed by atoms with van der Waals surface area (Å²) in [5.74, 6) is 0.718. The van der Waals surface area contributed by atoms with E-state index in [1.807, 2.05) is 67.6 Å². The van der Waals surface area contributed by atoms with Crippen molar-refractivity contribution >= 4 is 68.7 Å². The van der Waals surface area contributed by atoms with Crippen LogP contribution in [-0.4, -0.2) is 34.2 Å². The van der Waals surface area contributed by atoms with Crippen LogP contribution in [0.2, 0.25) is 10.0 Å². The number of likely N-dealkylation sites (N-methyl/N-ethyl adjacent to an activating group) is 1. The van der Waals surface area contributed by atoms with E-state index in [4.69, 9.17) is 32.9 Å². The number of rotatable bonds is 6. The Morgan fingerprint density at radius 3 is 2.53 bits per heavy atom. The van der Waals surface area contributed by atoms with E-state index in [9.17, 15) is 4.79 Å². The van der Waals surface area contributed by atoms with Crippen molar-refractivity contribution in [2.75, 3.05) is 13.7 Å². The van der Waals surface area contributed by atoms with Crippen LogP contribution in [0.25, 0.3) is 17.0 Å². The Morgan fingerprint density at radius 1 is 1.03 bits per heavy atom. The van der Waals surface area contributed by atoms with Crippen molar-refractivity contribution < 1.29 is 9.53 Å². The van der Waals surface area contributed by atoms with Crippen LogP contribution in [0, 0.1) is 0 Å². The summed E-state index contributed by atoms with van der Waals surface area (Å²) in [5, 5.41) is 2.80. The molecule has 0 aliphatic carbocycles. The first-order chi connectivity index (χ1) is 17.5.